The predicted octanol–water partition coefficient (Wildman–Crippen LogP) is 5.60. The zero-order chi connectivity index (χ0) is 30.0. The number of amides is 2. The Morgan fingerprint density at radius 3 is 1.95 bits per heavy atom. The first kappa shape index (κ1) is 28.6. The van der Waals surface area contributed by atoms with E-state index in [9.17, 15) is 14.4 Å². The van der Waals surface area contributed by atoms with Crippen molar-refractivity contribution in [2.24, 2.45) is 0 Å². The van der Waals surface area contributed by atoms with Crippen LogP contribution < -0.4 is 9.64 Å². The zero-order valence-electron chi connectivity index (χ0n) is 24.0. The van der Waals surface area contributed by atoms with Gasteiger partial charge >= 0.3 is 5.97 Å². The van der Waals surface area contributed by atoms with Gasteiger partial charge in [-0.15, -0.1) is 11.8 Å². The first-order chi connectivity index (χ1) is 20.9. The summed E-state index contributed by atoms with van der Waals surface area (Å²) in [6.45, 7) is 1.62. The molecule has 0 bridgehead atoms. The molecule has 7 nitrogen and oxygen atoms in total. The Balaban J connectivity index is 1.34. The van der Waals surface area contributed by atoms with Crippen LogP contribution in [0.1, 0.15) is 29.7 Å². The molecule has 0 N–H and O–H groups in total. The highest BCUT2D eigenvalue weighted by atomic mass is 32.2. The zero-order valence-corrected chi connectivity index (χ0v) is 24.8. The number of carbonyl (C=O) groups is 3. The summed E-state index contributed by atoms with van der Waals surface area (Å²) in [5.74, 6) is 0.235. The van der Waals surface area contributed by atoms with Crippen LogP contribution in [0.5, 0.6) is 5.75 Å². The maximum atomic E-state index is 14.5. The molecule has 2 unspecified atom stereocenters. The molecule has 0 aromatic heterocycles. The smallest absolute Gasteiger partial charge is 0.320 e. The van der Waals surface area contributed by atoms with Crippen LogP contribution in [0.3, 0.4) is 0 Å². The molecular weight excluding hydrogens is 560 g/mol. The SMILES string of the molecule is COc1ccc(C2(C(=O)OC(c3ccccc3)c3ccccc3)CS[C@@H]3C(N(C(C)=O)c4ccccc4)C(=O)N3C2)cc1. The molecule has 6 rings (SSSR count). The van der Waals surface area contributed by atoms with Crippen molar-refractivity contribution < 1.29 is 23.9 Å². The number of hydrogen-bond donors (Lipinski definition) is 0. The standard InChI is InChI=1S/C35H32N2O5S/c1-24(38)37(28-16-10-5-11-17-28)30-32(39)36-22-35(23-43-33(30)36,27-18-20-29(41-2)21-19-27)34(40)42-31(25-12-6-3-7-13-25)26-14-8-4-9-15-26/h3-21,30-31,33H,22-23H2,1-2H3/t30?,33-,35?/m1/s1. The van der Waals surface area contributed by atoms with Crippen molar-refractivity contribution in [2.75, 3.05) is 24.3 Å². The molecule has 3 atom stereocenters. The molecule has 2 aliphatic rings. The van der Waals surface area contributed by atoms with E-state index in [4.69, 9.17) is 9.47 Å². The minimum atomic E-state index is -1.14. The third kappa shape index (κ3) is 5.27. The topological polar surface area (TPSA) is 76.1 Å². The van der Waals surface area contributed by atoms with Gasteiger partial charge in [0, 0.05) is 24.9 Å². The van der Waals surface area contributed by atoms with Crippen molar-refractivity contribution in [3.05, 3.63) is 132 Å². The lowest BCUT2D eigenvalue weighted by molar-refractivity contribution is -0.159. The molecule has 2 amide bonds. The Morgan fingerprint density at radius 2 is 1.42 bits per heavy atom. The maximum absolute atomic E-state index is 14.5. The minimum Gasteiger partial charge on any atom is -0.497 e. The molecule has 0 spiro atoms. The number of nitrogens with zero attached hydrogens (tertiary/aromatic N) is 2. The van der Waals surface area contributed by atoms with Crippen molar-refractivity contribution in [3.63, 3.8) is 0 Å². The number of ether oxygens (including phenoxy) is 2. The van der Waals surface area contributed by atoms with E-state index in [1.165, 1.54) is 18.7 Å². The fourth-order valence-corrected chi connectivity index (χ4v) is 7.52. The average Bonchev–Trinajstić information content (AvgIpc) is 3.06. The first-order valence-electron chi connectivity index (χ1n) is 14.2. The van der Waals surface area contributed by atoms with Gasteiger partial charge in [0.2, 0.25) is 11.8 Å². The van der Waals surface area contributed by atoms with Crippen LogP contribution >= 0.6 is 11.8 Å². The van der Waals surface area contributed by atoms with E-state index in [0.29, 0.717) is 17.2 Å². The third-order valence-corrected chi connectivity index (χ3v) is 9.68. The van der Waals surface area contributed by atoms with E-state index in [0.717, 1.165) is 16.7 Å². The van der Waals surface area contributed by atoms with Gasteiger partial charge in [0.15, 0.2) is 6.10 Å². The second kappa shape index (κ2) is 12.0. The number of thioether (sulfide) groups is 1. The quantitative estimate of drug-likeness (QED) is 0.196. The number of benzene rings is 4. The molecule has 8 heteroatoms. The molecular formula is C35H32N2O5S. The van der Waals surface area contributed by atoms with Gasteiger partial charge in [0.05, 0.1) is 7.11 Å². The van der Waals surface area contributed by atoms with E-state index in [2.05, 4.69) is 0 Å². The second-order valence-corrected chi connectivity index (χ2v) is 11.9. The number of hydrogen-bond acceptors (Lipinski definition) is 6. The van der Waals surface area contributed by atoms with E-state index in [1.54, 1.807) is 16.9 Å². The Hall–Kier alpha value is -4.56. The summed E-state index contributed by atoms with van der Waals surface area (Å²) in [4.78, 5) is 44.3. The summed E-state index contributed by atoms with van der Waals surface area (Å²) in [6, 6.07) is 35.3. The average molecular weight is 593 g/mol. The number of carbonyl (C=O) groups excluding carboxylic acids is 3. The number of rotatable bonds is 8. The number of β-lactam (4-membered cyclic amide) rings is 1. The van der Waals surface area contributed by atoms with Crippen LogP contribution in [0.2, 0.25) is 0 Å². The molecule has 2 saturated heterocycles. The lowest BCUT2D eigenvalue weighted by atomic mass is 9.79. The summed E-state index contributed by atoms with van der Waals surface area (Å²) in [7, 11) is 1.59. The predicted molar refractivity (Wildman–Crippen MR) is 167 cm³/mol. The third-order valence-electron chi connectivity index (χ3n) is 8.17. The van der Waals surface area contributed by atoms with E-state index in [-0.39, 0.29) is 23.7 Å². The van der Waals surface area contributed by atoms with Crippen molar-refractivity contribution in [3.8, 4) is 5.75 Å². The first-order valence-corrected chi connectivity index (χ1v) is 15.2. The largest absolute Gasteiger partial charge is 0.497 e. The van der Waals surface area contributed by atoms with Crippen molar-refractivity contribution in [2.45, 2.75) is 29.9 Å². The monoisotopic (exact) mass is 592 g/mol. The van der Waals surface area contributed by atoms with Crippen LogP contribution in [-0.4, -0.2) is 53.5 Å². The highest BCUT2D eigenvalue weighted by Crippen LogP contribution is 2.47. The highest BCUT2D eigenvalue weighted by Gasteiger charge is 2.60. The van der Waals surface area contributed by atoms with Gasteiger partial charge in [-0.05, 0) is 41.0 Å². The van der Waals surface area contributed by atoms with E-state index in [1.807, 2.05) is 115 Å². The minimum absolute atomic E-state index is 0.141. The molecule has 0 radical (unpaired) electrons. The van der Waals surface area contributed by atoms with Crippen LogP contribution in [0, 0.1) is 0 Å². The fraction of sp³-hybridized carbons (Fsp3) is 0.229. The highest BCUT2D eigenvalue weighted by molar-refractivity contribution is 8.00. The Kier molecular flexibility index (Phi) is 7.95. The summed E-state index contributed by atoms with van der Waals surface area (Å²) in [6.07, 6.45) is -0.626. The maximum Gasteiger partial charge on any atom is 0.320 e. The van der Waals surface area contributed by atoms with Crippen LogP contribution in [0.4, 0.5) is 5.69 Å². The Bertz CT molecular complexity index is 1560. The number of anilines is 1. The van der Waals surface area contributed by atoms with Crippen LogP contribution in [0.15, 0.2) is 115 Å². The Morgan fingerprint density at radius 1 is 0.860 bits per heavy atom. The van der Waals surface area contributed by atoms with Gasteiger partial charge in [0.1, 0.15) is 22.6 Å². The van der Waals surface area contributed by atoms with Crippen molar-refractivity contribution >= 4 is 35.2 Å². The lowest BCUT2D eigenvalue weighted by Gasteiger charge is -2.56. The van der Waals surface area contributed by atoms with Gasteiger partial charge in [-0.1, -0.05) is 91.0 Å². The number of para-hydroxylation sites is 1. The summed E-state index contributed by atoms with van der Waals surface area (Å²) in [5, 5.41) is -0.283. The number of esters is 1. The normalized spacial score (nSPS) is 21.0. The van der Waals surface area contributed by atoms with Gasteiger partial charge < -0.3 is 14.4 Å². The van der Waals surface area contributed by atoms with Crippen LogP contribution in [0.25, 0.3) is 0 Å². The number of fused-ring (bicyclic) bond motifs is 1. The molecule has 4 aromatic carbocycles. The summed E-state index contributed by atoms with van der Waals surface area (Å²) >= 11 is 1.50. The van der Waals surface area contributed by atoms with Crippen LogP contribution in [-0.2, 0) is 24.5 Å². The van der Waals surface area contributed by atoms with Crippen molar-refractivity contribution in [1.82, 2.24) is 4.90 Å². The molecule has 0 saturated carbocycles. The lowest BCUT2D eigenvalue weighted by Crippen LogP contribution is -2.75. The fourth-order valence-electron chi connectivity index (χ4n) is 5.91. The number of methoxy groups -OCH3 is 1. The van der Waals surface area contributed by atoms with Gasteiger partial charge in [-0.3, -0.25) is 19.3 Å². The summed E-state index contributed by atoms with van der Waals surface area (Å²) < 4.78 is 11.8. The van der Waals surface area contributed by atoms with Gasteiger partial charge in [0.25, 0.3) is 0 Å². The molecule has 2 aliphatic heterocycles. The van der Waals surface area contributed by atoms with Gasteiger partial charge in [-0.2, -0.15) is 0 Å². The molecule has 218 valence electrons. The van der Waals surface area contributed by atoms with Crippen molar-refractivity contribution in [1.29, 1.82) is 0 Å². The second-order valence-electron chi connectivity index (χ2n) is 10.8. The molecule has 4 aromatic rings. The van der Waals surface area contributed by atoms with Gasteiger partial charge in [-0.25, -0.2) is 0 Å². The van der Waals surface area contributed by atoms with E-state index >= 15 is 0 Å². The van der Waals surface area contributed by atoms with E-state index < -0.39 is 23.5 Å². The molecule has 2 heterocycles. The molecule has 0 aliphatic carbocycles. The summed E-state index contributed by atoms with van der Waals surface area (Å²) in [5.41, 5.74) is 1.99. The molecule has 2 fully saturated rings. The molecule has 43 heavy (non-hydrogen) atoms. The Labute approximate surface area is 255 Å².